The van der Waals surface area contributed by atoms with E-state index in [1.807, 2.05) is 6.92 Å². The van der Waals surface area contributed by atoms with Gasteiger partial charge in [0.1, 0.15) is 11.0 Å². The average molecular weight is 226 g/mol. The van der Waals surface area contributed by atoms with Crippen molar-refractivity contribution in [2.24, 2.45) is 0 Å². The summed E-state index contributed by atoms with van der Waals surface area (Å²) >= 11 is 5.71. The molecule has 15 heavy (non-hydrogen) atoms. The minimum absolute atomic E-state index is 0.0401. The molecule has 1 saturated carbocycles. The van der Waals surface area contributed by atoms with Gasteiger partial charge in [-0.1, -0.05) is 11.6 Å². The summed E-state index contributed by atoms with van der Waals surface area (Å²) < 4.78 is 0. The van der Waals surface area contributed by atoms with E-state index >= 15 is 0 Å². The predicted molar refractivity (Wildman–Crippen MR) is 58.8 cm³/mol. The average Bonchev–Trinajstić information content (AvgIpc) is 2.81. The summed E-state index contributed by atoms with van der Waals surface area (Å²) in [6, 6.07) is 3.03. The van der Waals surface area contributed by atoms with Gasteiger partial charge >= 0.3 is 0 Å². The van der Waals surface area contributed by atoms with Crippen molar-refractivity contribution in [3.05, 3.63) is 22.8 Å². The highest BCUT2D eigenvalue weighted by Crippen LogP contribution is 2.34. The van der Waals surface area contributed by atoms with Crippen LogP contribution in [-0.4, -0.2) is 16.4 Å². The first kappa shape index (κ1) is 10.2. The molecule has 0 spiro atoms. The van der Waals surface area contributed by atoms with Gasteiger partial charge in [-0.15, -0.1) is 0 Å². The largest absolute Gasteiger partial charge is 0.384 e. The molecule has 1 aromatic rings. The van der Waals surface area contributed by atoms with Gasteiger partial charge in [-0.3, -0.25) is 4.79 Å². The van der Waals surface area contributed by atoms with Crippen molar-refractivity contribution in [1.29, 1.82) is 0 Å². The van der Waals surface area contributed by atoms with Gasteiger partial charge in [-0.25, -0.2) is 4.98 Å². The number of hydrogen-bond donors (Lipinski definition) is 2. The van der Waals surface area contributed by atoms with E-state index in [0.717, 1.165) is 12.8 Å². The molecule has 0 saturated heterocycles. The number of nitrogen functional groups attached to an aromatic ring is 1. The lowest BCUT2D eigenvalue weighted by Crippen LogP contribution is -2.34. The Bertz CT molecular complexity index is 395. The number of hydrogen-bond acceptors (Lipinski definition) is 3. The minimum atomic E-state index is -0.147. The van der Waals surface area contributed by atoms with Crippen LogP contribution < -0.4 is 11.1 Å². The number of nitrogens with zero attached hydrogens (tertiary/aromatic N) is 1. The van der Waals surface area contributed by atoms with Gasteiger partial charge < -0.3 is 11.1 Å². The molecule has 5 heteroatoms. The number of nitrogens with two attached hydrogens (primary N) is 1. The fourth-order valence-electron chi connectivity index (χ4n) is 1.31. The third-order valence-corrected chi connectivity index (χ3v) is 2.69. The van der Waals surface area contributed by atoms with Crippen molar-refractivity contribution in [2.45, 2.75) is 25.3 Å². The van der Waals surface area contributed by atoms with Crippen molar-refractivity contribution in [3.63, 3.8) is 0 Å². The normalized spacial score (nSPS) is 17.2. The first-order valence-corrected chi connectivity index (χ1v) is 5.12. The summed E-state index contributed by atoms with van der Waals surface area (Å²) in [5.74, 6) is 0.111. The van der Waals surface area contributed by atoms with E-state index in [1.165, 1.54) is 12.1 Å². The van der Waals surface area contributed by atoms with Crippen molar-refractivity contribution >= 4 is 23.3 Å². The Kier molecular flexibility index (Phi) is 2.31. The van der Waals surface area contributed by atoms with Gasteiger partial charge in [0.15, 0.2) is 0 Å². The molecule has 0 bridgehead atoms. The maximum Gasteiger partial charge on any atom is 0.251 e. The topological polar surface area (TPSA) is 68.0 Å². The lowest BCUT2D eigenvalue weighted by atomic mass is 10.2. The molecule has 1 aromatic heterocycles. The van der Waals surface area contributed by atoms with Gasteiger partial charge in [0.25, 0.3) is 5.91 Å². The molecule has 4 nitrogen and oxygen atoms in total. The fourth-order valence-corrected chi connectivity index (χ4v) is 1.52. The van der Waals surface area contributed by atoms with E-state index in [1.54, 1.807) is 0 Å². The van der Waals surface area contributed by atoms with E-state index < -0.39 is 0 Å². The van der Waals surface area contributed by atoms with Crippen LogP contribution in [0.2, 0.25) is 5.15 Å². The molecular weight excluding hydrogens is 214 g/mol. The Morgan fingerprint density at radius 1 is 1.60 bits per heavy atom. The molecule has 1 aliphatic carbocycles. The molecule has 0 unspecified atom stereocenters. The molecule has 1 amide bonds. The Hall–Kier alpha value is -1.29. The van der Waals surface area contributed by atoms with Crippen LogP contribution in [-0.2, 0) is 0 Å². The number of aromatic nitrogens is 1. The Morgan fingerprint density at radius 2 is 2.27 bits per heavy atom. The summed E-state index contributed by atoms with van der Waals surface area (Å²) in [6.45, 7) is 2.01. The summed E-state index contributed by atoms with van der Waals surface area (Å²) in [5, 5.41) is 3.16. The first-order valence-electron chi connectivity index (χ1n) is 4.74. The number of rotatable bonds is 2. The highest BCUT2D eigenvalue weighted by atomic mass is 35.5. The lowest BCUT2D eigenvalue weighted by molar-refractivity contribution is 0.0935. The number of amides is 1. The molecule has 1 heterocycles. The number of nitrogens with one attached hydrogen (secondary N) is 1. The molecule has 80 valence electrons. The van der Waals surface area contributed by atoms with Crippen LogP contribution in [0.4, 0.5) is 5.82 Å². The number of pyridine rings is 1. The molecule has 2 rings (SSSR count). The molecule has 0 atom stereocenters. The maximum absolute atomic E-state index is 11.8. The highest BCUT2D eigenvalue weighted by Gasteiger charge is 2.38. The third kappa shape index (κ3) is 2.39. The van der Waals surface area contributed by atoms with Crippen molar-refractivity contribution in [3.8, 4) is 0 Å². The number of halogens is 1. The second-order valence-electron chi connectivity index (χ2n) is 4.12. The second kappa shape index (κ2) is 3.38. The SMILES string of the molecule is CC1(NC(=O)c2cc(N)nc(Cl)c2)CC1. The molecule has 0 radical (unpaired) electrons. The zero-order chi connectivity index (χ0) is 11.1. The number of anilines is 1. The molecule has 1 aliphatic rings. The van der Waals surface area contributed by atoms with Crippen LogP contribution in [0.1, 0.15) is 30.1 Å². The first-order chi connectivity index (χ1) is 6.98. The smallest absolute Gasteiger partial charge is 0.251 e. The van der Waals surface area contributed by atoms with Gasteiger partial charge in [-0.2, -0.15) is 0 Å². The fraction of sp³-hybridized carbons (Fsp3) is 0.400. The molecule has 0 aliphatic heterocycles. The maximum atomic E-state index is 11.8. The van der Waals surface area contributed by atoms with Crippen LogP contribution in [0.5, 0.6) is 0 Å². The summed E-state index contributed by atoms with van der Waals surface area (Å²) in [4.78, 5) is 15.5. The van der Waals surface area contributed by atoms with E-state index in [0.29, 0.717) is 5.56 Å². The van der Waals surface area contributed by atoms with Crippen LogP contribution in [0.3, 0.4) is 0 Å². The number of carbonyl (C=O) groups excluding carboxylic acids is 1. The van der Waals surface area contributed by atoms with Crippen molar-refractivity contribution in [1.82, 2.24) is 10.3 Å². The van der Waals surface area contributed by atoms with Crippen molar-refractivity contribution in [2.75, 3.05) is 5.73 Å². The minimum Gasteiger partial charge on any atom is -0.384 e. The molecular formula is C10H12ClN3O. The molecule has 0 aromatic carbocycles. The summed E-state index contributed by atoms with van der Waals surface area (Å²) in [5.41, 5.74) is 5.92. The van der Waals surface area contributed by atoms with Crippen LogP contribution in [0.25, 0.3) is 0 Å². The van der Waals surface area contributed by atoms with Gasteiger partial charge in [0, 0.05) is 11.1 Å². The molecule has 3 N–H and O–H groups in total. The van der Waals surface area contributed by atoms with E-state index in [2.05, 4.69) is 10.3 Å². The standard InChI is InChI=1S/C10H12ClN3O/c1-10(2-3-10)14-9(15)6-4-7(11)13-8(12)5-6/h4-5H,2-3H2,1H3,(H2,12,13)(H,14,15). The second-order valence-corrected chi connectivity index (χ2v) is 4.51. The van der Waals surface area contributed by atoms with Gasteiger partial charge in [0.2, 0.25) is 0 Å². The number of carbonyl (C=O) groups is 1. The van der Waals surface area contributed by atoms with E-state index in [4.69, 9.17) is 17.3 Å². The third-order valence-electron chi connectivity index (χ3n) is 2.49. The van der Waals surface area contributed by atoms with Crippen LogP contribution in [0.15, 0.2) is 12.1 Å². The summed E-state index contributed by atoms with van der Waals surface area (Å²) in [7, 11) is 0. The van der Waals surface area contributed by atoms with Gasteiger partial charge in [-0.05, 0) is 31.9 Å². The highest BCUT2D eigenvalue weighted by molar-refractivity contribution is 6.29. The van der Waals surface area contributed by atoms with E-state index in [-0.39, 0.29) is 22.4 Å². The lowest BCUT2D eigenvalue weighted by Gasteiger charge is -2.11. The Morgan fingerprint density at radius 3 is 2.80 bits per heavy atom. The predicted octanol–water partition coefficient (Wildman–Crippen LogP) is 1.60. The summed E-state index contributed by atoms with van der Waals surface area (Å²) in [6.07, 6.45) is 2.04. The van der Waals surface area contributed by atoms with E-state index in [9.17, 15) is 4.79 Å². The zero-order valence-corrected chi connectivity index (χ0v) is 9.14. The molecule has 1 fully saturated rings. The quantitative estimate of drug-likeness (QED) is 0.752. The Balaban J connectivity index is 2.17. The van der Waals surface area contributed by atoms with Crippen LogP contribution >= 0.6 is 11.6 Å². The van der Waals surface area contributed by atoms with Crippen molar-refractivity contribution < 1.29 is 4.79 Å². The van der Waals surface area contributed by atoms with Crippen LogP contribution in [0, 0.1) is 0 Å². The monoisotopic (exact) mass is 225 g/mol. The Labute approximate surface area is 92.8 Å². The zero-order valence-electron chi connectivity index (χ0n) is 8.38. The van der Waals surface area contributed by atoms with Gasteiger partial charge in [0.05, 0.1) is 0 Å².